The summed E-state index contributed by atoms with van der Waals surface area (Å²) in [4.78, 5) is 19.3. The molecule has 1 amide bonds. The van der Waals surface area contributed by atoms with Gasteiger partial charge in [-0.3, -0.25) is 4.79 Å². The fourth-order valence-corrected chi connectivity index (χ4v) is 4.82. The van der Waals surface area contributed by atoms with Crippen LogP contribution in [0.5, 0.6) is 17.2 Å². The lowest BCUT2D eigenvalue weighted by Crippen LogP contribution is -2.38. The van der Waals surface area contributed by atoms with E-state index in [0.717, 1.165) is 50.2 Å². The van der Waals surface area contributed by atoms with Crippen molar-refractivity contribution in [3.05, 3.63) is 70.2 Å². The van der Waals surface area contributed by atoms with Crippen molar-refractivity contribution < 1.29 is 19.0 Å². The van der Waals surface area contributed by atoms with E-state index in [-0.39, 0.29) is 5.91 Å². The van der Waals surface area contributed by atoms with Crippen LogP contribution in [0.4, 0.5) is 0 Å². The Labute approximate surface area is 205 Å². The topological polar surface area (TPSA) is 60.9 Å². The van der Waals surface area contributed by atoms with E-state index >= 15 is 0 Å². The number of amides is 1. The predicted molar refractivity (Wildman–Crippen MR) is 134 cm³/mol. The van der Waals surface area contributed by atoms with E-state index in [4.69, 9.17) is 14.2 Å². The summed E-state index contributed by atoms with van der Waals surface area (Å²) in [5.74, 6) is 2.79. The number of methoxy groups -OCH3 is 1. The van der Waals surface area contributed by atoms with Crippen molar-refractivity contribution in [3.63, 3.8) is 0 Å². The van der Waals surface area contributed by atoms with Gasteiger partial charge in [-0.05, 0) is 74.4 Å². The van der Waals surface area contributed by atoms with Crippen LogP contribution in [0.15, 0.2) is 53.4 Å². The average molecular weight is 481 g/mol. The SMILES string of the molecule is CCOc1ccc(CCC2CCN(C(=O)c3ccc(OCc4cscn4)c(OC)c3)CC2)cc1. The molecule has 0 saturated carbocycles. The number of nitrogens with zero attached hydrogens (tertiary/aromatic N) is 2. The minimum absolute atomic E-state index is 0.0503. The third-order valence-electron chi connectivity index (χ3n) is 6.25. The lowest BCUT2D eigenvalue weighted by molar-refractivity contribution is 0.0686. The van der Waals surface area contributed by atoms with E-state index in [1.807, 2.05) is 41.5 Å². The molecule has 3 aromatic rings. The lowest BCUT2D eigenvalue weighted by Gasteiger charge is -2.32. The number of carbonyl (C=O) groups excluding carboxylic acids is 1. The maximum absolute atomic E-state index is 13.1. The van der Waals surface area contributed by atoms with Crippen molar-refractivity contribution >= 4 is 17.2 Å². The Kier molecular flexibility index (Phi) is 8.41. The summed E-state index contributed by atoms with van der Waals surface area (Å²) in [5, 5.41) is 1.95. The highest BCUT2D eigenvalue weighted by molar-refractivity contribution is 7.07. The van der Waals surface area contributed by atoms with Gasteiger partial charge < -0.3 is 19.1 Å². The molecule has 0 N–H and O–H groups in total. The molecule has 2 aromatic carbocycles. The van der Waals surface area contributed by atoms with Crippen LogP contribution in [0.3, 0.4) is 0 Å². The van der Waals surface area contributed by atoms with Gasteiger partial charge >= 0.3 is 0 Å². The molecule has 2 heterocycles. The molecule has 0 radical (unpaired) electrons. The number of thiazole rings is 1. The van der Waals surface area contributed by atoms with Gasteiger partial charge in [0.2, 0.25) is 0 Å². The largest absolute Gasteiger partial charge is 0.494 e. The molecule has 4 rings (SSSR count). The van der Waals surface area contributed by atoms with E-state index in [1.165, 1.54) is 16.9 Å². The van der Waals surface area contributed by atoms with Gasteiger partial charge in [0.15, 0.2) is 11.5 Å². The molecule has 1 fully saturated rings. The Balaban J connectivity index is 1.27. The summed E-state index contributed by atoms with van der Waals surface area (Å²) in [7, 11) is 1.59. The summed E-state index contributed by atoms with van der Waals surface area (Å²) >= 11 is 1.53. The molecule has 6 nitrogen and oxygen atoms in total. The van der Waals surface area contributed by atoms with Crippen LogP contribution < -0.4 is 14.2 Å². The molecule has 1 aliphatic heterocycles. The maximum atomic E-state index is 13.1. The van der Waals surface area contributed by atoms with Crippen LogP contribution >= 0.6 is 11.3 Å². The first-order valence-corrected chi connectivity index (χ1v) is 12.8. The first kappa shape index (κ1) is 24.1. The van der Waals surface area contributed by atoms with Gasteiger partial charge in [-0.25, -0.2) is 4.98 Å². The van der Waals surface area contributed by atoms with Crippen molar-refractivity contribution in [1.82, 2.24) is 9.88 Å². The number of rotatable bonds is 10. The van der Waals surface area contributed by atoms with Crippen molar-refractivity contribution in [3.8, 4) is 17.2 Å². The van der Waals surface area contributed by atoms with Crippen LogP contribution in [0, 0.1) is 5.92 Å². The Morgan fingerprint density at radius 3 is 2.56 bits per heavy atom. The highest BCUT2D eigenvalue weighted by Gasteiger charge is 2.24. The summed E-state index contributed by atoms with van der Waals surface area (Å²) in [6.07, 6.45) is 4.28. The molecule has 0 unspecified atom stereocenters. The number of hydrogen-bond acceptors (Lipinski definition) is 6. The van der Waals surface area contributed by atoms with Gasteiger partial charge in [-0.15, -0.1) is 11.3 Å². The predicted octanol–water partition coefficient (Wildman–Crippen LogP) is 5.61. The van der Waals surface area contributed by atoms with E-state index in [9.17, 15) is 4.79 Å². The first-order valence-electron chi connectivity index (χ1n) is 11.8. The van der Waals surface area contributed by atoms with E-state index < -0.39 is 0 Å². The van der Waals surface area contributed by atoms with Crippen molar-refractivity contribution in [2.45, 2.75) is 39.2 Å². The second-order valence-corrected chi connectivity index (χ2v) is 9.20. The van der Waals surface area contributed by atoms with E-state index in [1.54, 1.807) is 18.7 Å². The van der Waals surface area contributed by atoms with Gasteiger partial charge in [-0.2, -0.15) is 0 Å². The number of aryl methyl sites for hydroxylation is 1. The van der Waals surface area contributed by atoms with Gasteiger partial charge in [0.25, 0.3) is 5.91 Å². The summed E-state index contributed by atoms with van der Waals surface area (Å²) < 4.78 is 16.8. The second-order valence-electron chi connectivity index (χ2n) is 8.49. The Morgan fingerprint density at radius 2 is 1.88 bits per heavy atom. The second kappa shape index (κ2) is 11.9. The normalized spacial score (nSPS) is 14.1. The fourth-order valence-electron chi connectivity index (χ4n) is 4.28. The highest BCUT2D eigenvalue weighted by Crippen LogP contribution is 2.30. The first-order chi connectivity index (χ1) is 16.7. The summed E-state index contributed by atoms with van der Waals surface area (Å²) in [5.41, 5.74) is 4.62. The fraction of sp³-hybridized carbons (Fsp3) is 0.407. The number of aromatic nitrogens is 1. The van der Waals surface area contributed by atoms with Crippen LogP contribution in [0.1, 0.15) is 47.8 Å². The van der Waals surface area contributed by atoms with Crippen molar-refractivity contribution in [2.75, 3.05) is 26.8 Å². The third-order valence-corrected chi connectivity index (χ3v) is 6.88. The number of benzene rings is 2. The molecule has 0 bridgehead atoms. The van der Waals surface area contributed by atoms with Crippen molar-refractivity contribution in [2.24, 2.45) is 5.92 Å². The molecule has 0 spiro atoms. The maximum Gasteiger partial charge on any atom is 0.253 e. The third kappa shape index (κ3) is 6.29. The monoisotopic (exact) mass is 480 g/mol. The van der Waals surface area contributed by atoms with Gasteiger partial charge in [0.1, 0.15) is 12.4 Å². The number of carbonyl (C=O) groups is 1. The zero-order valence-electron chi connectivity index (χ0n) is 19.9. The van der Waals surface area contributed by atoms with Crippen LogP contribution in [-0.2, 0) is 13.0 Å². The average Bonchev–Trinajstić information content (AvgIpc) is 3.41. The molecule has 7 heteroatoms. The molecule has 1 saturated heterocycles. The van der Waals surface area contributed by atoms with Gasteiger partial charge in [0.05, 0.1) is 24.9 Å². The Morgan fingerprint density at radius 1 is 1.09 bits per heavy atom. The number of piperidine rings is 1. The zero-order chi connectivity index (χ0) is 23.8. The van der Waals surface area contributed by atoms with Crippen LogP contribution in [0.25, 0.3) is 0 Å². The van der Waals surface area contributed by atoms with E-state index in [0.29, 0.717) is 36.2 Å². The number of ether oxygens (including phenoxy) is 3. The molecular weight excluding hydrogens is 448 g/mol. The quantitative estimate of drug-likeness (QED) is 0.377. The number of likely N-dealkylation sites (tertiary alicyclic amines) is 1. The van der Waals surface area contributed by atoms with Crippen LogP contribution in [-0.4, -0.2) is 42.6 Å². The number of hydrogen-bond donors (Lipinski definition) is 0. The molecular formula is C27H32N2O4S. The van der Waals surface area contributed by atoms with Gasteiger partial charge in [0, 0.05) is 24.0 Å². The molecule has 1 aliphatic rings. The van der Waals surface area contributed by atoms with E-state index in [2.05, 4.69) is 17.1 Å². The lowest BCUT2D eigenvalue weighted by atomic mass is 9.90. The minimum atomic E-state index is 0.0503. The molecule has 0 aliphatic carbocycles. The Hall–Kier alpha value is -3.06. The van der Waals surface area contributed by atoms with Crippen molar-refractivity contribution in [1.29, 1.82) is 0 Å². The summed E-state index contributed by atoms with van der Waals surface area (Å²) in [6, 6.07) is 13.8. The molecule has 34 heavy (non-hydrogen) atoms. The standard InChI is InChI=1S/C27H32N2O4S/c1-3-32-24-9-6-20(7-10-24)4-5-21-12-14-29(15-13-21)27(30)22-8-11-25(26(16-22)31-2)33-17-23-18-34-19-28-23/h6-11,16,18-19,21H,3-5,12-15,17H2,1-2H3. The zero-order valence-corrected chi connectivity index (χ0v) is 20.7. The smallest absolute Gasteiger partial charge is 0.253 e. The summed E-state index contributed by atoms with van der Waals surface area (Å²) in [6.45, 7) is 4.64. The van der Waals surface area contributed by atoms with Gasteiger partial charge in [-0.1, -0.05) is 12.1 Å². The Bertz CT molecular complexity index is 1050. The molecule has 1 aromatic heterocycles. The van der Waals surface area contributed by atoms with Crippen LogP contribution in [0.2, 0.25) is 0 Å². The molecule has 180 valence electrons. The minimum Gasteiger partial charge on any atom is -0.494 e. The molecule has 0 atom stereocenters. The highest BCUT2D eigenvalue weighted by atomic mass is 32.1.